The van der Waals surface area contributed by atoms with E-state index in [4.69, 9.17) is 4.42 Å². The lowest BCUT2D eigenvalue weighted by Gasteiger charge is -2.22. The first kappa shape index (κ1) is 25.7. The molecule has 3 aromatic carbocycles. The number of carbonyl (C=O) groups excluding carboxylic acids is 1. The Morgan fingerprint density at radius 2 is 1.64 bits per heavy atom. The molecule has 1 aromatic heterocycles. The maximum absolute atomic E-state index is 13.0. The van der Waals surface area contributed by atoms with Gasteiger partial charge in [-0.15, -0.1) is 0 Å². The van der Waals surface area contributed by atoms with Crippen LogP contribution in [0.4, 0.5) is 5.69 Å². The van der Waals surface area contributed by atoms with E-state index in [1.807, 2.05) is 48.5 Å². The number of amides is 1. The molecular weight excluding hydrogens is 500 g/mol. The van der Waals surface area contributed by atoms with E-state index < -0.39 is 22.0 Å². The number of rotatable bonds is 11. The first-order valence-electron chi connectivity index (χ1n) is 11.4. The number of carboxylic acid groups (broad SMARTS) is 1. The van der Waals surface area contributed by atoms with Crippen molar-refractivity contribution < 1.29 is 27.5 Å². The average molecular weight is 527 g/mol. The molecule has 4 rings (SSSR count). The summed E-state index contributed by atoms with van der Waals surface area (Å²) in [7, 11) is -4.10. The van der Waals surface area contributed by atoms with Gasteiger partial charge in [0.15, 0.2) is 0 Å². The van der Waals surface area contributed by atoms with Crippen molar-refractivity contribution in [3.63, 3.8) is 0 Å². The molecule has 1 heterocycles. The van der Waals surface area contributed by atoms with Crippen molar-refractivity contribution in [3.05, 3.63) is 72.8 Å². The fourth-order valence-electron chi connectivity index (χ4n) is 4.07. The number of nitrogens with zero attached hydrogens (tertiary/aromatic N) is 1. The number of carbonyl (C=O) groups is 2. The maximum Gasteiger partial charge on any atom is 0.321 e. The number of aliphatic carboxylic acids is 1. The van der Waals surface area contributed by atoms with Crippen molar-refractivity contribution >= 4 is 62.2 Å². The van der Waals surface area contributed by atoms with E-state index in [1.54, 1.807) is 17.0 Å². The van der Waals surface area contributed by atoms with Gasteiger partial charge in [-0.3, -0.25) is 9.59 Å². The number of anilines is 1. The highest BCUT2D eigenvalue weighted by Gasteiger charge is 2.26. The van der Waals surface area contributed by atoms with Crippen LogP contribution in [0, 0.1) is 0 Å². The molecule has 1 unspecified atom stereocenters. The summed E-state index contributed by atoms with van der Waals surface area (Å²) in [6, 6.07) is 19.6. The lowest BCUT2D eigenvalue weighted by atomic mass is 10.1. The minimum atomic E-state index is -4.10. The van der Waals surface area contributed by atoms with E-state index in [2.05, 4.69) is 17.4 Å². The highest BCUT2D eigenvalue weighted by atomic mass is 32.2. The number of nitrogens with one attached hydrogen (secondary N) is 1. The van der Waals surface area contributed by atoms with Crippen LogP contribution in [0.1, 0.15) is 19.3 Å². The van der Waals surface area contributed by atoms with Crippen molar-refractivity contribution in [1.29, 1.82) is 0 Å². The van der Waals surface area contributed by atoms with Crippen molar-refractivity contribution in [2.45, 2.75) is 30.2 Å². The Kier molecular flexibility index (Phi) is 7.97. The topological polar surface area (TPSA) is 117 Å². The molecule has 0 bridgehead atoms. The molecule has 1 atom stereocenters. The van der Waals surface area contributed by atoms with Crippen LogP contribution in [-0.4, -0.2) is 43.7 Å². The third kappa shape index (κ3) is 5.72. The number of thiol groups is 1. The lowest BCUT2D eigenvalue weighted by molar-refractivity contribution is -0.139. The van der Waals surface area contributed by atoms with Gasteiger partial charge in [0, 0.05) is 23.0 Å². The average Bonchev–Trinajstić information content (AvgIpc) is 3.26. The van der Waals surface area contributed by atoms with Crippen LogP contribution in [0.15, 0.2) is 82.1 Å². The van der Waals surface area contributed by atoms with E-state index in [-0.39, 0.29) is 23.0 Å². The SMILES string of the molecule is O=C(O)C(CCCCN(C(=O)CS)c1ccccc1)NS(=O)(=O)c1ccc2oc3ccccc3c2c1. The number of carboxylic acids is 1. The molecule has 8 nitrogen and oxygen atoms in total. The van der Waals surface area contributed by atoms with Gasteiger partial charge in [0.2, 0.25) is 15.9 Å². The lowest BCUT2D eigenvalue weighted by Crippen LogP contribution is -2.40. The second-order valence-corrected chi connectivity index (χ2v) is 10.3. The number of furan rings is 1. The molecule has 4 aromatic rings. The Morgan fingerprint density at radius 1 is 0.944 bits per heavy atom. The molecule has 0 aliphatic heterocycles. The highest BCUT2D eigenvalue weighted by Crippen LogP contribution is 2.30. The summed E-state index contributed by atoms with van der Waals surface area (Å²) in [5, 5.41) is 11.1. The molecule has 0 spiro atoms. The summed E-state index contributed by atoms with van der Waals surface area (Å²) >= 11 is 4.08. The highest BCUT2D eigenvalue weighted by molar-refractivity contribution is 7.89. The summed E-state index contributed by atoms with van der Waals surface area (Å²) in [5.74, 6) is -1.38. The van der Waals surface area contributed by atoms with Crippen LogP contribution in [0.2, 0.25) is 0 Å². The molecule has 2 N–H and O–H groups in total. The van der Waals surface area contributed by atoms with Gasteiger partial charge in [-0.1, -0.05) is 36.4 Å². The molecule has 188 valence electrons. The Balaban J connectivity index is 1.43. The van der Waals surface area contributed by atoms with Crippen LogP contribution in [0.3, 0.4) is 0 Å². The van der Waals surface area contributed by atoms with Crippen LogP contribution < -0.4 is 9.62 Å². The van der Waals surface area contributed by atoms with E-state index in [0.717, 1.165) is 11.1 Å². The Bertz CT molecular complexity index is 1480. The number of unbranched alkanes of at least 4 members (excludes halogenated alkanes) is 1. The van der Waals surface area contributed by atoms with Crippen LogP contribution in [-0.2, 0) is 19.6 Å². The van der Waals surface area contributed by atoms with E-state index in [1.165, 1.54) is 12.1 Å². The Morgan fingerprint density at radius 3 is 2.36 bits per heavy atom. The maximum atomic E-state index is 13.0. The number of sulfonamides is 1. The summed E-state index contributed by atoms with van der Waals surface area (Å²) in [6.45, 7) is 0.368. The molecule has 10 heteroatoms. The predicted octanol–water partition coefficient (Wildman–Crippen LogP) is 4.45. The molecular formula is C26H26N2O6S2. The fraction of sp³-hybridized carbons (Fsp3) is 0.231. The zero-order valence-electron chi connectivity index (χ0n) is 19.3. The third-order valence-corrected chi connectivity index (χ3v) is 7.62. The second kappa shape index (κ2) is 11.2. The molecule has 0 saturated carbocycles. The Labute approximate surface area is 214 Å². The predicted molar refractivity (Wildman–Crippen MR) is 142 cm³/mol. The van der Waals surface area contributed by atoms with Gasteiger partial charge in [0.05, 0.1) is 10.6 Å². The largest absolute Gasteiger partial charge is 0.480 e. The monoisotopic (exact) mass is 526 g/mol. The number of para-hydroxylation sites is 2. The van der Waals surface area contributed by atoms with Gasteiger partial charge in [0.25, 0.3) is 0 Å². The van der Waals surface area contributed by atoms with Gasteiger partial charge in [0.1, 0.15) is 17.2 Å². The van der Waals surface area contributed by atoms with Gasteiger partial charge < -0.3 is 14.4 Å². The quantitative estimate of drug-likeness (QED) is 0.196. The molecule has 36 heavy (non-hydrogen) atoms. The fourth-order valence-corrected chi connectivity index (χ4v) is 5.49. The van der Waals surface area contributed by atoms with E-state index in [0.29, 0.717) is 35.9 Å². The zero-order valence-corrected chi connectivity index (χ0v) is 21.0. The van der Waals surface area contributed by atoms with Crippen LogP contribution in [0.25, 0.3) is 21.9 Å². The summed E-state index contributed by atoms with van der Waals surface area (Å²) in [4.78, 5) is 25.7. The van der Waals surface area contributed by atoms with Crippen molar-refractivity contribution in [2.24, 2.45) is 0 Å². The molecule has 1 amide bonds. The number of fused-ring (bicyclic) bond motifs is 3. The van der Waals surface area contributed by atoms with Gasteiger partial charge >= 0.3 is 5.97 Å². The number of benzene rings is 3. The summed E-state index contributed by atoms with van der Waals surface area (Å²) in [6.07, 6.45) is 0.962. The molecule has 0 fully saturated rings. The number of hydrogen-bond acceptors (Lipinski definition) is 6. The van der Waals surface area contributed by atoms with Crippen molar-refractivity contribution in [1.82, 2.24) is 4.72 Å². The zero-order chi connectivity index (χ0) is 25.7. The molecule has 0 saturated heterocycles. The van der Waals surface area contributed by atoms with Crippen molar-refractivity contribution in [3.8, 4) is 0 Å². The minimum Gasteiger partial charge on any atom is -0.480 e. The second-order valence-electron chi connectivity index (χ2n) is 8.30. The van der Waals surface area contributed by atoms with Gasteiger partial charge in [-0.25, -0.2) is 8.42 Å². The summed E-state index contributed by atoms with van der Waals surface area (Å²) < 4.78 is 34.1. The van der Waals surface area contributed by atoms with Gasteiger partial charge in [-0.05, 0) is 55.7 Å². The summed E-state index contributed by atoms with van der Waals surface area (Å²) in [5.41, 5.74) is 1.91. The van der Waals surface area contributed by atoms with E-state index >= 15 is 0 Å². The first-order chi connectivity index (χ1) is 17.3. The molecule has 0 radical (unpaired) electrons. The smallest absolute Gasteiger partial charge is 0.321 e. The molecule has 0 aliphatic carbocycles. The van der Waals surface area contributed by atoms with E-state index in [9.17, 15) is 23.1 Å². The van der Waals surface area contributed by atoms with Crippen LogP contribution >= 0.6 is 12.6 Å². The standard InChI is InChI=1S/C26H26N2O6S2/c29-25(17-35)28(18-8-2-1-3-9-18)15-7-6-11-22(26(30)31)27-36(32,33)19-13-14-24-21(16-19)20-10-4-5-12-23(20)34-24/h1-5,8-10,12-14,16,22,27,35H,6-7,11,15,17H2,(H,30,31). The first-order valence-corrected chi connectivity index (χ1v) is 13.5. The van der Waals surface area contributed by atoms with Gasteiger partial charge in [-0.2, -0.15) is 17.4 Å². The van der Waals surface area contributed by atoms with Crippen molar-refractivity contribution in [2.75, 3.05) is 17.2 Å². The third-order valence-electron chi connectivity index (χ3n) is 5.88. The Hall–Kier alpha value is -3.34. The molecule has 0 aliphatic rings. The van der Waals surface area contributed by atoms with Crippen LogP contribution in [0.5, 0.6) is 0 Å². The number of hydrogen-bond donors (Lipinski definition) is 3. The normalized spacial score (nSPS) is 12.6. The minimum absolute atomic E-state index is 0.0394.